The molecule has 3 aliphatic carbocycles. The number of nitrogens with one attached hydrogen (secondary N) is 1. The Morgan fingerprint density at radius 1 is 1.11 bits per heavy atom. The van der Waals surface area contributed by atoms with Gasteiger partial charge in [-0.05, 0) is 115 Å². The largest absolute Gasteiger partial charge is 0.474 e. The van der Waals surface area contributed by atoms with E-state index in [1.807, 2.05) is 41.5 Å². The SMILES string of the molecule is C=CCC(CC(=O)C1C(C(=O)C(NC(=C)OC(C)(C)C)C(C)(C)C)CC2C1C2(C)C)C(=O)C(C)(O)CCC(=C)CCC1=CCCC1. The van der Waals surface area contributed by atoms with Gasteiger partial charge in [0.15, 0.2) is 17.4 Å². The number of carbonyl (C=O) groups is 3. The number of ether oxygens (including phenoxy) is 1. The summed E-state index contributed by atoms with van der Waals surface area (Å²) in [6.45, 7) is 29.8. The Kier molecular flexibility index (Phi) is 11.8. The Morgan fingerprint density at radius 3 is 2.30 bits per heavy atom. The number of aliphatic hydroxyl groups is 1. The molecular weight excluding hydrogens is 574 g/mol. The maximum absolute atomic E-state index is 14.3. The third kappa shape index (κ3) is 9.33. The number of ketones is 3. The fourth-order valence-corrected chi connectivity index (χ4v) is 8.10. The lowest BCUT2D eigenvalue weighted by atomic mass is 9.71. The van der Waals surface area contributed by atoms with Crippen LogP contribution in [0.25, 0.3) is 0 Å². The summed E-state index contributed by atoms with van der Waals surface area (Å²) >= 11 is 0. The molecule has 0 saturated heterocycles. The zero-order valence-electron chi connectivity index (χ0n) is 30.4. The fraction of sp³-hybridized carbons (Fsp3) is 0.725. The molecule has 2 N–H and O–H groups in total. The minimum Gasteiger partial charge on any atom is -0.474 e. The molecule has 46 heavy (non-hydrogen) atoms. The van der Waals surface area contributed by atoms with Crippen molar-refractivity contribution in [3.05, 3.63) is 48.9 Å². The monoisotopic (exact) mass is 637 g/mol. The standard InChI is InChI=1S/C40H63NO5/c1-13-16-28(36(44)40(12,45)22-21-25(2)19-20-27-17-14-15-18-27)23-31(42)32-29(24-30-33(32)39(30,10)11)34(43)35(37(4,5)6)41-26(3)46-38(7,8)9/h13,17,28-30,32-33,35,41,45H,1-3,14-16,18-24H2,4-12H3. The third-order valence-electron chi connectivity index (χ3n) is 10.8. The van der Waals surface area contributed by atoms with E-state index in [4.69, 9.17) is 4.74 Å². The zero-order chi connectivity index (χ0) is 34.8. The molecule has 3 aliphatic rings. The molecule has 0 aromatic rings. The molecule has 6 nitrogen and oxygen atoms in total. The second-order valence-corrected chi connectivity index (χ2v) is 17.3. The first-order valence-corrected chi connectivity index (χ1v) is 17.5. The molecule has 2 fully saturated rings. The third-order valence-corrected chi connectivity index (χ3v) is 10.8. The van der Waals surface area contributed by atoms with Crippen molar-refractivity contribution in [3.63, 3.8) is 0 Å². The summed E-state index contributed by atoms with van der Waals surface area (Å²) in [5.41, 5.74) is -0.0180. The van der Waals surface area contributed by atoms with Gasteiger partial charge in [-0.15, -0.1) is 6.58 Å². The molecule has 2 saturated carbocycles. The lowest BCUT2D eigenvalue weighted by molar-refractivity contribution is -0.144. The van der Waals surface area contributed by atoms with Gasteiger partial charge in [0.2, 0.25) is 0 Å². The van der Waals surface area contributed by atoms with Gasteiger partial charge in [-0.3, -0.25) is 14.4 Å². The first-order chi connectivity index (χ1) is 21.1. The summed E-state index contributed by atoms with van der Waals surface area (Å²) in [5, 5.41) is 14.6. The van der Waals surface area contributed by atoms with Gasteiger partial charge in [-0.25, -0.2) is 0 Å². The van der Waals surface area contributed by atoms with E-state index in [9.17, 15) is 19.5 Å². The molecule has 0 aromatic heterocycles. The van der Waals surface area contributed by atoms with Gasteiger partial charge in [-0.1, -0.05) is 64.5 Å². The second kappa shape index (κ2) is 14.3. The van der Waals surface area contributed by atoms with Crippen LogP contribution >= 0.6 is 0 Å². The van der Waals surface area contributed by atoms with Crippen molar-refractivity contribution in [2.45, 2.75) is 144 Å². The topological polar surface area (TPSA) is 92.7 Å². The van der Waals surface area contributed by atoms with Crippen LogP contribution in [0, 0.1) is 40.4 Å². The van der Waals surface area contributed by atoms with Gasteiger partial charge in [0.25, 0.3) is 0 Å². The normalized spacial score (nSPS) is 26.2. The van der Waals surface area contributed by atoms with Crippen LogP contribution in [-0.4, -0.2) is 39.7 Å². The van der Waals surface area contributed by atoms with Gasteiger partial charge in [0.1, 0.15) is 17.0 Å². The Morgan fingerprint density at radius 2 is 1.76 bits per heavy atom. The van der Waals surface area contributed by atoms with E-state index < -0.39 is 40.4 Å². The Bertz CT molecular complexity index is 1220. The first kappa shape index (κ1) is 38.0. The smallest absolute Gasteiger partial charge is 0.180 e. The molecular formula is C40H63NO5. The number of rotatable bonds is 18. The van der Waals surface area contributed by atoms with Crippen LogP contribution in [-0.2, 0) is 19.1 Å². The summed E-state index contributed by atoms with van der Waals surface area (Å²) in [4.78, 5) is 42.4. The van der Waals surface area contributed by atoms with Crippen LogP contribution in [0.3, 0.4) is 0 Å². The summed E-state index contributed by atoms with van der Waals surface area (Å²) in [6, 6.07) is -0.590. The van der Waals surface area contributed by atoms with Crippen molar-refractivity contribution < 1.29 is 24.2 Å². The van der Waals surface area contributed by atoms with Gasteiger partial charge in [0.05, 0.1) is 6.04 Å². The van der Waals surface area contributed by atoms with Crippen molar-refractivity contribution >= 4 is 17.3 Å². The molecule has 3 rings (SSSR count). The molecule has 0 bridgehead atoms. The van der Waals surface area contributed by atoms with Gasteiger partial charge in [-0.2, -0.15) is 0 Å². The number of hydrogen-bond donors (Lipinski definition) is 2. The van der Waals surface area contributed by atoms with E-state index in [2.05, 4.69) is 45.0 Å². The van der Waals surface area contributed by atoms with E-state index >= 15 is 0 Å². The molecule has 7 atom stereocenters. The van der Waals surface area contributed by atoms with Gasteiger partial charge >= 0.3 is 0 Å². The lowest BCUT2D eigenvalue weighted by Gasteiger charge is -2.37. The van der Waals surface area contributed by atoms with E-state index in [0.717, 1.165) is 31.3 Å². The minimum atomic E-state index is -1.58. The molecule has 0 radical (unpaired) electrons. The van der Waals surface area contributed by atoms with Crippen LogP contribution < -0.4 is 5.32 Å². The number of Topliss-reactive ketones (excluding diaryl/α,β-unsaturated/α-hetero) is 3. The maximum Gasteiger partial charge on any atom is 0.180 e. The van der Waals surface area contributed by atoms with Crippen LogP contribution in [0.5, 0.6) is 0 Å². The lowest BCUT2D eigenvalue weighted by Crippen LogP contribution is -2.51. The summed E-state index contributed by atoms with van der Waals surface area (Å²) in [7, 11) is 0. The predicted octanol–water partition coefficient (Wildman–Crippen LogP) is 8.45. The zero-order valence-corrected chi connectivity index (χ0v) is 30.4. The van der Waals surface area contributed by atoms with Crippen molar-refractivity contribution in [1.82, 2.24) is 5.32 Å². The van der Waals surface area contributed by atoms with Gasteiger partial charge < -0.3 is 15.2 Å². The fourth-order valence-electron chi connectivity index (χ4n) is 8.10. The highest BCUT2D eigenvalue weighted by atomic mass is 16.5. The molecule has 0 aliphatic heterocycles. The molecule has 0 heterocycles. The predicted molar refractivity (Wildman–Crippen MR) is 187 cm³/mol. The maximum atomic E-state index is 14.3. The van der Waals surface area contributed by atoms with Gasteiger partial charge in [0, 0.05) is 24.2 Å². The molecule has 0 spiro atoms. The van der Waals surface area contributed by atoms with E-state index in [1.54, 1.807) is 13.0 Å². The number of hydrogen-bond acceptors (Lipinski definition) is 6. The van der Waals surface area contributed by atoms with E-state index in [0.29, 0.717) is 25.1 Å². The average molecular weight is 638 g/mol. The number of carbonyl (C=O) groups excluding carboxylic acids is 3. The molecule has 0 aromatic carbocycles. The van der Waals surface area contributed by atoms with Crippen molar-refractivity contribution in [2.75, 3.05) is 0 Å². The molecule has 7 unspecified atom stereocenters. The highest BCUT2D eigenvalue weighted by Crippen LogP contribution is 2.71. The van der Waals surface area contributed by atoms with E-state index in [1.165, 1.54) is 12.0 Å². The summed E-state index contributed by atoms with van der Waals surface area (Å²) < 4.78 is 5.92. The van der Waals surface area contributed by atoms with Crippen LogP contribution in [0.2, 0.25) is 0 Å². The summed E-state index contributed by atoms with van der Waals surface area (Å²) in [5.74, 6) is -1.27. The van der Waals surface area contributed by atoms with Crippen molar-refractivity contribution in [3.8, 4) is 0 Å². The van der Waals surface area contributed by atoms with Crippen LogP contribution in [0.4, 0.5) is 0 Å². The highest BCUT2D eigenvalue weighted by Gasteiger charge is 2.70. The second-order valence-electron chi connectivity index (χ2n) is 17.3. The average Bonchev–Trinajstić information content (AvgIpc) is 3.37. The van der Waals surface area contributed by atoms with Crippen LogP contribution in [0.1, 0.15) is 127 Å². The first-order valence-electron chi connectivity index (χ1n) is 17.5. The van der Waals surface area contributed by atoms with E-state index in [-0.39, 0.29) is 47.4 Å². The van der Waals surface area contributed by atoms with Crippen LogP contribution in [0.15, 0.2) is 48.9 Å². The molecule has 0 amide bonds. The number of allylic oxidation sites excluding steroid dienone is 4. The number of fused-ring (bicyclic) bond motifs is 1. The quantitative estimate of drug-likeness (QED) is 0.116. The highest BCUT2D eigenvalue weighted by molar-refractivity contribution is 5.97. The Labute approximate surface area is 279 Å². The molecule has 6 heteroatoms. The Balaban J connectivity index is 1.74. The minimum absolute atomic E-state index is 0.00187. The summed E-state index contributed by atoms with van der Waals surface area (Å²) in [6.07, 6.45) is 11.1. The van der Waals surface area contributed by atoms with Crippen molar-refractivity contribution in [1.29, 1.82) is 0 Å². The van der Waals surface area contributed by atoms with Crippen molar-refractivity contribution in [2.24, 2.45) is 40.4 Å². The molecule has 258 valence electrons. The Hall–Kier alpha value is -2.47.